The van der Waals surface area contributed by atoms with Crippen LogP contribution in [0.2, 0.25) is 0 Å². The van der Waals surface area contributed by atoms with Crippen molar-refractivity contribution in [3.63, 3.8) is 0 Å². The van der Waals surface area contributed by atoms with Gasteiger partial charge in [-0.3, -0.25) is 4.79 Å². The molecular formula is C16H22O2. The minimum Gasteiger partial charge on any atom is -0.493 e. The molecule has 0 radical (unpaired) electrons. The van der Waals surface area contributed by atoms with E-state index < -0.39 is 0 Å². The minimum absolute atomic E-state index is 0.200. The van der Waals surface area contributed by atoms with Gasteiger partial charge in [0.15, 0.2) is 5.78 Å². The van der Waals surface area contributed by atoms with E-state index in [0.29, 0.717) is 12.5 Å². The van der Waals surface area contributed by atoms with Crippen LogP contribution in [0.25, 0.3) is 0 Å². The molecule has 0 heterocycles. The predicted molar refractivity (Wildman–Crippen MR) is 73.1 cm³/mol. The Bertz CT molecular complexity index is 411. The zero-order valence-corrected chi connectivity index (χ0v) is 11.3. The molecule has 18 heavy (non-hydrogen) atoms. The molecule has 2 atom stereocenters. The summed E-state index contributed by atoms with van der Waals surface area (Å²) < 4.78 is 5.67. The van der Waals surface area contributed by atoms with Crippen molar-refractivity contribution in [2.45, 2.75) is 39.5 Å². The number of hydrogen-bond donors (Lipinski definition) is 0. The number of benzene rings is 1. The van der Waals surface area contributed by atoms with Gasteiger partial charge < -0.3 is 4.74 Å². The molecule has 1 fully saturated rings. The summed E-state index contributed by atoms with van der Waals surface area (Å²) in [5, 5.41) is 0. The molecule has 0 aromatic heterocycles. The molecule has 1 saturated carbocycles. The number of rotatable bonds is 5. The van der Waals surface area contributed by atoms with Crippen molar-refractivity contribution in [3.05, 3.63) is 29.8 Å². The van der Waals surface area contributed by atoms with Gasteiger partial charge in [-0.2, -0.15) is 0 Å². The molecule has 0 amide bonds. The highest BCUT2D eigenvalue weighted by molar-refractivity contribution is 6.00. The molecule has 2 nitrogen and oxygen atoms in total. The third-order valence-corrected chi connectivity index (χ3v) is 3.68. The van der Waals surface area contributed by atoms with Crippen LogP contribution in [0.5, 0.6) is 5.75 Å². The van der Waals surface area contributed by atoms with E-state index in [1.807, 2.05) is 24.3 Å². The lowest BCUT2D eigenvalue weighted by Gasteiger charge is -2.13. The van der Waals surface area contributed by atoms with Crippen LogP contribution in [0.15, 0.2) is 24.3 Å². The van der Waals surface area contributed by atoms with E-state index in [-0.39, 0.29) is 11.7 Å². The maximum absolute atomic E-state index is 12.5. The van der Waals surface area contributed by atoms with Crippen molar-refractivity contribution < 1.29 is 9.53 Å². The quantitative estimate of drug-likeness (QED) is 0.731. The largest absolute Gasteiger partial charge is 0.493 e. The summed E-state index contributed by atoms with van der Waals surface area (Å²) in [4.78, 5) is 12.5. The van der Waals surface area contributed by atoms with E-state index in [9.17, 15) is 4.79 Å². The van der Waals surface area contributed by atoms with Crippen LogP contribution in [0.4, 0.5) is 0 Å². The molecule has 0 N–H and O–H groups in total. The van der Waals surface area contributed by atoms with Crippen LogP contribution in [-0.4, -0.2) is 12.4 Å². The van der Waals surface area contributed by atoms with Crippen LogP contribution in [0, 0.1) is 11.8 Å². The first-order valence-corrected chi connectivity index (χ1v) is 6.98. The molecule has 1 aliphatic carbocycles. The summed E-state index contributed by atoms with van der Waals surface area (Å²) in [6.07, 6.45) is 4.19. The Hall–Kier alpha value is -1.31. The van der Waals surface area contributed by atoms with Gasteiger partial charge in [0.25, 0.3) is 0 Å². The molecule has 0 aliphatic heterocycles. The molecule has 0 bridgehead atoms. The molecule has 98 valence electrons. The van der Waals surface area contributed by atoms with Crippen LogP contribution >= 0.6 is 0 Å². The normalized spacial score (nSPS) is 23.0. The zero-order chi connectivity index (χ0) is 13.0. The minimum atomic E-state index is 0.200. The van der Waals surface area contributed by atoms with Gasteiger partial charge >= 0.3 is 0 Å². The first-order valence-electron chi connectivity index (χ1n) is 6.98. The summed E-state index contributed by atoms with van der Waals surface area (Å²) in [7, 11) is 0. The zero-order valence-electron chi connectivity index (χ0n) is 11.3. The van der Waals surface area contributed by atoms with Crippen LogP contribution in [0.1, 0.15) is 49.9 Å². The van der Waals surface area contributed by atoms with Crippen molar-refractivity contribution in [3.8, 4) is 5.75 Å². The summed E-state index contributed by atoms with van der Waals surface area (Å²) in [6, 6.07) is 7.65. The van der Waals surface area contributed by atoms with E-state index in [4.69, 9.17) is 4.74 Å². The molecule has 1 aromatic rings. The Morgan fingerprint density at radius 1 is 1.33 bits per heavy atom. The highest BCUT2D eigenvalue weighted by Gasteiger charge is 2.29. The van der Waals surface area contributed by atoms with Gasteiger partial charge in [0.2, 0.25) is 0 Å². The monoisotopic (exact) mass is 246 g/mol. The summed E-state index contributed by atoms with van der Waals surface area (Å²) in [6.45, 7) is 4.97. The van der Waals surface area contributed by atoms with Crippen LogP contribution in [-0.2, 0) is 0 Å². The predicted octanol–water partition coefficient (Wildman–Crippen LogP) is 4.09. The summed E-state index contributed by atoms with van der Waals surface area (Å²) >= 11 is 0. The van der Waals surface area contributed by atoms with E-state index in [2.05, 4.69) is 13.8 Å². The Morgan fingerprint density at radius 3 is 2.78 bits per heavy atom. The number of carbonyl (C=O) groups excluding carboxylic acids is 1. The molecule has 0 saturated heterocycles. The SMILES string of the molecule is CCCOc1ccccc1C(=O)C1CCC(C)C1. The fraction of sp³-hybridized carbons (Fsp3) is 0.562. The smallest absolute Gasteiger partial charge is 0.169 e. The number of ketones is 1. The number of ether oxygens (including phenoxy) is 1. The van der Waals surface area contributed by atoms with E-state index in [0.717, 1.165) is 30.6 Å². The van der Waals surface area contributed by atoms with Crippen molar-refractivity contribution in [1.82, 2.24) is 0 Å². The van der Waals surface area contributed by atoms with Crippen molar-refractivity contribution in [2.75, 3.05) is 6.61 Å². The summed E-state index contributed by atoms with van der Waals surface area (Å²) in [5.74, 6) is 1.91. The molecule has 2 heteroatoms. The van der Waals surface area contributed by atoms with E-state index in [1.165, 1.54) is 6.42 Å². The lowest BCUT2D eigenvalue weighted by Crippen LogP contribution is -2.13. The maximum atomic E-state index is 12.5. The molecule has 2 rings (SSSR count). The van der Waals surface area contributed by atoms with E-state index in [1.54, 1.807) is 0 Å². The topological polar surface area (TPSA) is 26.3 Å². The Kier molecular flexibility index (Phi) is 4.40. The van der Waals surface area contributed by atoms with Gasteiger partial charge in [-0.1, -0.05) is 26.0 Å². The van der Waals surface area contributed by atoms with Gasteiger partial charge in [0, 0.05) is 5.92 Å². The standard InChI is InChI=1S/C16H22O2/c1-3-10-18-15-7-5-4-6-14(15)16(17)13-9-8-12(2)11-13/h4-7,12-13H,3,8-11H2,1-2H3. The highest BCUT2D eigenvalue weighted by atomic mass is 16.5. The van der Waals surface area contributed by atoms with Gasteiger partial charge in [-0.15, -0.1) is 0 Å². The number of carbonyl (C=O) groups is 1. The molecule has 0 spiro atoms. The van der Waals surface area contributed by atoms with Crippen molar-refractivity contribution in [1.29, 1.82) is 0 Å². The lowest BCUT2D eigenvalue weighted by molar-refractivity contribution is 0.0916. The van der Waals surface area contributed by atoms with Crippen molar-refractivity contribution >= 4 is 5.78 Å². The molecule has 2 unspecified atom stereocenters. The van der Waals surface area contributed by atoms with E-state index >= 15 is 0 Å². The van der Waals surface area contributed by atoms with Gasteiger partial charge in [-0.05, 0) is 43.7 Å². The second kappa shape index (κ2) is 6.03. The molecular weight excluding hydrogens is 224 g/mol. The highest BCUT2D eigenvalue weighted by Crippen LogP contribution is 2.34. The summed E-state index contributed by atoms with van der Waals surface area (Å²) in [5.41, 5.74) is 0.769. The Balaban J connectivity index is 2.14. The first kappa shape index (κ1) is 13.1. The van der Waals surface area contributed by atoms with Crippen LogP contribution in [0.3, 0.4) is 0 Å². The second-order valence-electron chi connectivity index (χ2n) is 5.32. The second-order valence-corrected chi connectivity index (χ2v) is 5.32. The van der Waals surface area contributed by atoms with Crippen molar-refractivity contribution in [2.24, 2.45) is 11.8 Å². The van der Waals surface area contributed by atoms with Gasteiger partial charge in [0.1, 0.15) is 5.75 Å². The third-order valence-electron chi connectivity index (χ3n) is 3.68. The average Bonchev–Trinajstić information content (AvgIpc) is 2.82. The fourth-order valence-electron chi connectivity index (χ4n) is 2.67. The maximum Gasteiger partial charge on any atom is 0.169 e. The lowest BCUT2D eigenvalue weighted by atomic mass is 9.95. The first-order chi connectivity index (χ1) is 8.72. The third kappa shape index (κ3) is 2.92. The van der Waals surface area contributed by atoms with Gasteiger partial charge in [-0.25, -0.2) is 0 Å². The molecule has 1 aliphatic rings. The van der Waals surface area contributed by atoms with Gasteiger partial charge in [0.05, 0.1) is 12.2 Å². The number of hydrogen-bond acceptors (Lipinski definition) is 2. The molecule has 1 aromatic carbocycles. The van der Waals surface area contributed by atoms with Crippen LogP contribution < -0.4 is 4.74 Å². The Labute approximate surface area is 109 Å². The number of para-hydroxylation sites is 1. The fourth-order valence-corrected chi connectivity index (χ4v) is 2.67. The average molecular weight is 246 g/mol. The number of Topliss-reactive ketones (excluding diaryl/α,β-unsaturated/α-hetero) is 1. The Morgan fingerprint density at radius 2 is 2.11 bits per heavy atom.